The fourth-order valence-electron chi connectivity index (χ4n) is 7.00. The molecule has 0 atom stereocenters. The molecular formula is C28H28ClN3O. The molecule has 4 nitrogen and oxygen atoms in total. The molecule has 4 saturated carbocycles. The van der Waals surface area contributed by atoms with Gasteiger partial charge in [-0.2, -0.15) is 5.10 Å². The van der Waals surface area contributed by atoms with E-state index in [9.17, 15) is 4.79 Å². The van der Waals surface area contributed by atoms with Crippen LogP contribution in [-0.4, -0.2) is 16.6 Å². The second-order valence-electron chi connectivity index (χ2n) is 10.4. The number of benzene rings is 2. The number of aromatic nitrogens is 1. The van der Waals surface area contributed by atoms with Gasteiger partial charge in [-0.25, -0.2) is 10.4 Å². The average Bonchev–Trinajstić information content (AvgIpc) is 2.81. The highest BCUT2D eigenvalue weighted by molar-refractivity contribution is 6.30. The van der Waals surface area contributed by atoms with E-state index in [0.29, 0.717) is 10.6 Å². The summed E-state index contributed by atoms with van der Waals surface area (Å²) in [5.41, 5.74) is 7.25. The van der Waals surface area contributed by atoms with Gasteiger partial charge in [-0.15, -0.1) is 0 Å². The summed E-state index contributed by atoms with van der Waals surface area (Å²) in [5, 5.41) is 6.19. The predicted octanol–water partition coefficient (Wildman–Crippen LogP) is 6.88. The van der Waals surface area contributed by atoms with Crippen molar-refractivity contribution < 1.29 is 4.79 Å². The van der Waals surface area contributed by atoms with Gasteiger partial charge in [-0.3, -0.25) is 4.79 Å². The van der Waals surface area contributed by atoms with Crippen LogP contribution < -0.4 is 5.43 Å². The molecule has 4 aliphatic rings. The van der Waals surface area contributed by atoms with Crippen molar-refractivity contribution >= 4 is 34.1 Å². The first kappa shape index (κ1) is 20.9. The number of nitrogens with one attached hydrogen (secondary N) is 1. The van der Waals surface area contributed by atoms with E-state index in [-0.39, 0.29) is 11.3 Å². The van der Waals surface area contributed by atoms with Gasteiger partial charge in [0.05, 0.1) is 16.8 Å². The highest BCUT2D eigenvalue weighted by Crippen LogP contribution is 2.60. The van der Waals surface area contributed by atoms with Gasteiger partial charge in [0.2, 0.25) is 0 Å². The Morgan fingerprint density at radius 3 is 2.30 bits per heavy atom. The number of para-hydroxylation sites is 1. The minimum atomic E-state index is -0.187. The van der Waals surface area contributed by atoms with Gasteiger partial charge in [0.1, 0.15) is 0 Å². The van der Waals surface area contributed by atoms with Crippen molar-refractivity contribution in [2.24, 2.45) is 28.3 Å². The van der Waals surface area contributed by atoms with Gasteiger partial charge in [0.15, 0.2) is 0 Å². The molecule has 168 valence electrons. The second-order valence-corrected chi connectivity index (χ2v) is 10.9. The maximum atomic E-state index is 13.4. The van der Waals surface area contributed by atoms with Crippen molar-refractivity contribution in [2.45, 2.75) is 45.4 Å². The van der Waals surface area contributed by atoms with Crippen LogP contribution in [0.1, 0.15) is 55.8 Å². The quantitative estimate of drug-likeness (QED) is 0.343. The number of carbonyl (C=O) groups is 1. The van der Waals surface area contributed by atoms with E-state index < -0.39 is 0 Å². The Hall–Kier alpha value is -2.72. The molecule has 1 heterocycles. The lowest BCUT2D eigenvalue weighted by molar-refractivity contribution is -0.0128. The monoisotopic (exact) mass is 457 g/mol. The number of amides is 1. The molecule has 7 rings (SSSR count). The number of pyridine rings is 1. The Balaban J connectivity index is 1.31. The Labute approximate surface area is 199 Å². The van der Waals surface area contributed by atoms with Crippen LogP contribution in [0.4, 0.5) is 0 Å². The highest BCUT2D eigenvalue weighted by Gasteiger charge is 2.52. The number of halogens is 1. The van der Waals surface area contributed by atoms with Crippen molar-refractivity contribution in [3.63, 3.8) is 0 Å². The SMILES string of the molecule is C/C(=N\NC(=O)c1cc(-c2ccc(Cl)cc2)nc2ccccc12)C12CC3CC(CC(C3)C1)C2. The van der Waals surface area contributed by atoms with Crippen LogP contribution in [0, 0.1) is 23.2 Å². The molecule has 0 radical (unpaired) electrons. The lowest BCUT2D eigenvalue weighted by atomic mass is 9.48. The van der Waals surface area contributed by atoms with Crippen LogP contribution in [-0.2, 0) is 0 Å². The van der Waals surface area contributed by atoms with E-state index in [2.05, 4.69) is 12.3 Å². The van der Waals surface area contributed by atoms with Crippen LogP contribution in [0.15, 0.2) is 59.7 Å². The Morgan fingerprint density at radius 2 is 1.64 bits per heavy atom. The highest BCUT2D eigenvalue weighted by atomic mass is 35.5. The third kappa shape index (κ3) is 3.74. The Morgan fingerprint density at radius 1 is 1.00 bits per heavy atom. The molecule has 1 amide bonds. The molecule has 33 heavy (non-hydrogen) atoms. The number of carbonyl (C=O) groups excluding carboxylic acids is 1. The summed E-state index contributed by atoms with van der Waals surface area (Å²) in [6.07, 6.45) is 7.91. The van der Waals surface area contributed by atoms with E-state index in [1.165, 1.54) is 38.5 Å². The summed E-state index contributed by atoms with van der Waals surface area (Å²) in [6, 6.07) is 17.2. The zero-order chi connectivity index (χ0) is 22.6. The van der Waals surface area contributed by atoms with E-state index >= 15 is 0 Å². The molecule has 0 saturated heterocycles. The molecule has 4 bridgehead atoms. The maximum absolute atomic E-state index is 13.4. The van der Waals surface area contributed by atoms with Gasteiger partial charge in [0, 0.05) is 27.1 Å². The average molecular weight is 458 g/mol. The summed E-state index contributed by atoms with van der Waals surface area (Å²) in [4.78, 5) is 18.1. The molecular weight excluding hydrogens is 430 g/mol. The van der Waals surface area contributed by atoms with E-state index in [1.807, 2.05) is 54.6 Å². The largest absolute Gasteiger partial charge is 0.272 e. The summed E-state index contributed by atoms with van der Waals surface area (Å²) in [7, 11) is 0. The van der Waals surface area contributed by atoms with E-state index in [0.717, 1.165) is 45.6 Å². The van der Waals surface area contributed by atoms with Gasteiger partial charge in [0.25, 0.3) is 5.91 Å². The minimum Gasteiger partial charge on any atom is -0.267 e. The number of hydrogen-bond acceptors (Lipinski definition) is 3. The molecule has 1 N–H and O–H groups in total. The van der Waals surface area contributed by atoms with Crippen LogP contribution in [0.2, 0.25) is 5.02 Å². The predicted molar refractivity (Wildman–Crippen MR) is 133 cm³/mol. The number of nitrogens with zero attached hydrogens (tertiary/aromatic N) is 2. The van der Waals surface area contributed by atoms with Crippen LogP contribution in [0.25, 0.3) is 22.2 Å². The van der Waals surface area contributed by atoms with Gasteiger partial charge in [-0.1, -0.05) is 41.9 Å². The zero-order valence-electron chi connectivity index (χ0n) is 18.9. The lowest BCUT2D eigenvalue weighted by Crippen LogP contribution is -2.49. The normalized spacial score (nSPS) is 28.3. The van der Waals surface area contributed by atoms with Crippen molar-refractivity contribution in [3.05, 3.63) is 65.2 Å². The summed E-state index contributed by atoms with van der Waals surface area (Å²) in [6.45, 7) is 2.12. The molecule has 0 unspecified atom stereocenters. The summed E-state index contributed by atoms with van der Waals surface area (Å²) in [5.74, 6) is 2.36. The molecule has 4 fully saturated rings. The molecule has 0 aliphatic heterocycles. The molecule has 1 aromatic heterocycles. The van der Waals surface area contributed by atoms with Crippen molar-refractivity contribution in [1.82, 2.24) is 10.4 Å². The molecule has 5 heteroatoms. The lowest BCUT2D eigenvalue weighted by Gasteiger charge is -2.56. The molecule has 0 spiro atoms. The second kappa shape index (κ2) is 7.95. The third-order valence-electron chi connectivity index (χ3n) is 8.23. The van der Waals surface area contributed by atoms with Crippen molar-refractivity contribution in [2.75, 3.05) is 0 Å². The van der Waals surface area contributed by atoms with E-state index in [4.69, 9.17) is 21.7 Å². The smallest absolute Gasteiger partial charge is 0.267 e. The molecule has 2 aromatic carbocycles. The van der Waals surface area contributed by atoms with Crippen LogP contribution >= 0.6 is 11.6 Å². The molecule has 4 aliphatic carbocycles. The Kier molecular flexibility index (Phi) is 5.02. The number of fused-ring (bicyclic) bond motifs is 1. The summed E-state index contributed by atoms with van der Waals surface area (Å²) < 4.78 is 0. The van der Waals surface area contributed by atoms with Gasteiger partial charge < -0.3 is 0 Å². The Bertz CT molecular complexity index is 1230. The van der Waals surface area contributed by atoms with E-state index in [1.54, 1.807) is 0 Å². The van der Waals surface area contributed by atoms with Crippen LogP contribution in [0.3, 0.4) is 0 Å². The summed E-state index contributed by atoms with van der Waals surface area (Å²) >= 11 is 6.06. The maximum Gasteiger partial charge on any atom is 0.272 e. The number of rotatable bonds is 4. The fourth-order valence-corrected chi connectivity index (χ4v) is 7.12. The first-order chi connectivity index (χ1) is 16.0. The first-order valence-corrected chi connectivity index (χ1v) is 12.4. The topological polar surface area (TPSA) is 54.4 Å². The molecule has 3 aromatic rings. The minimum absolute atomic E-state index is 0.187. The first-order valence-electron chi connectivity index (χ1n) is 12.0. The zero-order valence-corrected chi connectivity index (χ0v) is 19.6. The van der Waals surface area contributed by atoms with Crippen LogP contribution in [0.5, 0.6) is 0 Å². The van der Waals surface area contributed by atoms with Gasteiger partial charge >= 0.3 is 0 Å². The third-order valence-corrected chi connectivity index (χ3v) is 8.48. The fraction of sp³-hybridized carbons (Fsp3) is 0.393. The standard InChI is InChI=1S/C28H28ClN3O/c1-17(28-14-18-10-19(15-28)12-20(11-18)16-28)31-32-27(33)24-13-26(21-6-8-22(29)9-7-21)30-25-5-3-2-4-23(24)25/h2-9,13,18-20H,10-12,14-16H2,1H3,(H,32,33)/b31-17+. The van der Waals surface area contributed by atoms with Crippen molar-refractivity contribution in [3.8, 4) is 11.3 Å². The van der Waals surface area contributed by atoms with Gasteiger partial charge in [-0.05, 0) is 87.5 Å². The number of hydrogen-bond donors (Lipinski definition) is 1. The number of hydrazone groups is 1. The van der Waals surface area contributed by atoms with Crippen molar-refractivity contribution in [1.29, 1.82) is 0 Å².